The summed E-state index contributed by atoms with van der Waals surface area (Å²) in [4.78, 5) is 81.2. The number of esters is 4. The van der Waals surface area contributed by atoms with Gasteiger partial charge in [-0.15, -0.1) is 28.7 Å². The molecule has 0 saturated heterocycles. The second kappa shape index (κ2) is 99.4. The molecule has 0 unspecified atom stereocenters. The van der Waals surface area contributed by atoms with Gasteiger partial charge in [0.2, 0.25) is 11.8 Å². The van der Waals surface area contributed by atoms with Crippen molar-refractivity contribution in [3.8, 4) is 0 Å². The van der Waals surface area contributed by atoms with Crippen LogP contribution in [0, 0.1) is 0 Å². The smallest absolute Gasteiger partial charge is 0.305 e. The van der Waals surface area contributed by atoms with Gasteiger partial charge in [-0.05, 0) is 143 Å². The SMILES string of the molecule is Br.CCCCCCCC/C=C\CCCCCCCC(=O)OCCN(CCOC(=O)CCCCCCC/C=C\CCCCCCCC)C(=O)CSCCN(C)C.CCCCCCCC/C=C\CCCCCCCC(=O)OCCN(CCOC(=O)CCCCCCC/C=C\CCCCCCCC)C(=O)CSCC[N+](C)(C)CCO.OCCBr. The third kappa shape index (κ3) is 98.4. The van der Waals surface area contributed by atoms with Crippen LogP contribution in [-0.4, -0.2) is 207 Å². The highest BCUT2D eigenvalue weighted by atomic mass is 79.9. The summed E-state index contributed by atoms with van der Waals surface area (Å²) in [6.07, 6.45) is 83.7. The molecule has 0 heterocycles. The molecule has 0 bridgehead atoms. The van der Waals surface area contributed by atoms with Crippen LogP contribution in [-0.2, 0) is 47.7 Å². The van der Waals surface area contributed by atoms with Gasteiger partial charge in [0.15, 0.2) is 0 Å². The molecule has 0 aromatic heterocycles. The van der Waals surface area contributed by atoms with Gasteiger partial charge in [-0.2, -0.15) is 11.8 Å². The topological polar surface area (TPSA) is 190 Å². The van der Waals surface area contributed by atoms with Crippen LogP contribution in [0.15, 0.2) is 48.6 Å². The number of amides is 2. The van der Waals surface area contributed by atoms with E-state index < -0.39 is 0 Å². The molecule has 0 rings (SSSR count). The molecule has 0 radical (unpaired) electrons. The van der Waals surface area contributed by atoms with Crippen LogP contribution in [0.3, 0.4) is 0 Å². The quantitative estimate of drug-likeness (QED) is 0.0146. The van der Waals surface area contributed by atoms with Gasteiger partial charge in [0, 0.05) is 49.1 Å². The van der Waals surface area contributed by atoms with Crippen molar-refractivity contribution in [3.63, 3.8) is 0 Å². The number of allylic oxidation sites excluding steroid dienone is 8. The number of nitrogens with zero attached hydrogens (tertiary/aromatic N) is 4. The third-order valence-corrected chi connectivity index (χ3v) is 22.7. The molecule has 2 amide bonds. The van der Waals surface area contributed by atoms with Crippen molar-refractivity contribution in [2.45, 2.75) is 387 Å². The third-order valence-electron chi connectivity index (χ3n) is 20.5. The lowest BCUT2D eigenvalue weighted by molar-refractivity contribution is -0.888. The van der Waals surface area contributed by atoms with Crippen LogP contribution in [0.1, 0.15) is 387 Å². The van der Waals surface area contributed by atoms with Crippen LogP contribution in [0.25, 0.3) is 0 Å². The number of aliphatic hydroxyl groups excluding tert-OH is 2. The first-order valence-electron chi connectivity index (χ1n) is 47.2. The van der Waals surface area contributed by atoms with E-state index in [1.165, 1.54) is 231 Å². The molecule has 0 fully saturated rings. The molecule has 0 aliphatic carbocycles. The van der Waals surface area contributed by atoms with Crippen molar-refractivity contribution in [3.05, 3.63) is 48.6 Å². The highest BCUT2D eigenvalue weighted by Crippen LogP contribution is 2.18. The van der Waals surface area contributed by atoms with E-state index in [9.17, 15) is 33.9 Å². The van der Waals surface area contributed by atoms with Crippen LogP contribution in [0.4, 0.5) is 0 Å². The molecule has 0 spiro atoms. The van der Waals surface area contributed by atoms with E-state index in [0.29, 0.717) is 66.6 Å². The van der Waals surface area contributed by atoms with Crippen LogP contribution in [0.2, 0.25) is 0 Å². The van der Waals surface area contributed by atoms with Gasteiger partial charge in [0.1, 0.15) is 33.0 Å². The Morgan fingerprint density at radius 1 is 0.319 bits per heavy atom. The molecule has 16 nitrogen and oxygen atoms in total. The highest BCUT2D eigenvalue weighted by Gasteiger charge is 2.20. The first-order chi connectivity index (χ1) is 56.1. The largest absolute Gasteiger partial charge is 0.464 e. The number of likely N-dealkylation sites (N-methyl/N-ethyl adjacent to an activating group) is 1. The second-order valence-electron chi connectivity index (χ2n) is 32.4. The number of unbranched alkanes of at least 4 members (excludes halogenated alkanes) is 44. The first kappa shape index (κ1) is 120. The number of aliphatic hydroxyl groups is 2. The van der Waals surface area contributed by atoms with E-state index in [-0.39, 0.29) is 105 Å². The lowest BCUT2D eigenvalue weighted by atomic mass is 10.1. The van der Waals surface area contributed by atoms with Crippen molar-refractivity contribution in [2.75, 3.05) is 142 Å². The molecular formula is C96H183Br2N4O12S2+. The molecule has 20 heteroatoms. The number of rotatable bonds is 85. The molecule has 2 N–H and O–H groups in total. The number of hydrogen-bond acceptors (Lipinski definition) is 15. The van der Waals surface area contributed by atoms with Gasteiger partial charge in [0.25, 0.3) is 0 Å². The van der Waals surface area contributed by atoms with Gasteiger partial charge in [0.05, 0.1) is 71.5 Å². The number of halogens is 2. The minimum Gasteiger partial charge on any atom is -0.464 e. The number of hydrogen-bond donors (Lipinski definition) is 2. The number of quaternary nitrogens is 1. The standard InChI is InChI=1S/C48H91N2O6S.C46H86N2O5S.C2H5BrO.BrH/c1-5-7-9-11-13-15-17-19-21-23-25-27-29-31-33-35-47(53)55-42-37-49(46(52)45-57-44-40-50(3,4)39-41-51)38-43-56-48(54)36-34-32-30-28-26-24-22-20-18-16-14-12-10-8-6-2;1-5-7-9-11-13-15-17-19-21-23-25-27-29-31-33-35-45(50)52-40-37-48(44(49)43-54-42-39-47(3)4)38-41-53-46(51)36-34-32-30-28-26-24-22-20-18-16-14-12-10-8-6-2;3-1-2-4;/h19-22,51H,5-18,23-45H2,1-4H3;19-22H,5-18,23-43H2,1-4H3;4H,1-2H2;1H/q+1;;;/b2*21-19-,22-20-;;. The van der Waals surface area contributed by atoms with E-state index in [2.05, 4.69) is 111 Å². The Labute approximate surface area is 742 Å². The molecule has 0 saturated carbocycles. The van der Waals surface area contributed by atoms with Crippen LogP contribution in [0.5, 0.6) is 0 Å². The minimum atomic E-state index is -0.218. The number of thioether (sulfide) groups is 2. The Kier molecular flexibility index (Phi) is 102. The van der Waals surface area contributed by atoms with Crippen molar-refractivity contribution in [1.29, 1.82) is 0 Å². The molecular weight excluding hydrogens is 1630 g/mol. The van der Waals surface area contributed by atoms with Gasteiger partial charge in [-0.3, -0.25) is 28.8 Å². The Bertz CT molecular complexity index is 2130. The molecule has 0 aliphatic rings. The van der Waals surface area contributed by atoms with E-state index >= 15 is 0 Å². The zero-order chi connectivity index (χ0) is 84.9. The number of carbonyl (C=O) groups excluding carboxylic acids is 6. The summed E-state index contributed by atoms with van der Waals surface area (Å²) in [5.41, 5.74) is 0. The molecule has 0 aromatic rings. The van der Waals surface area contributed by atoms with Crippen molar-refractivity contribution >= 4 is 92.1 Å². The Morgan fingerprint density at radius 3 is 0.750 bits per heavy atom. The zero-order valence-corrected chi connectivity index (χ0v) is 81.2. The molecule has 684 valence electrons. The van der Waals surface area contributed by atoms with Crippen LogP contribution >= 0.6 is 56.4 Å². The van der Waals surface area contributed by atoms with Gasteiger partial charge < -0.3 is 48.3 Å². The second-order valence-corrected chi connectivity index (χ2v) is 35.4. The van der Waals surface area contributed by atoms with E-state index in [0.717, 1.165) is 127 Å². The summed E-state index contributed by atoms with van der Waals surface area (Å²) < 4.78 is 22.7. The fourth-order valence-corrected chi connectivity index (χ4v) is 15.0. The maximum absolute atomic E-state index is 13.2. The molecule has 0 aromatic carbocycles. The zero-order valence-electron chi connectivity index (χ0n) is 76.3. The van der Waals surface area contributed by atoms with E-state index in [4.69, 9.17) is 24.1 Å². The average molecular weight is 1810 g/mol. The maximum Gasteiger partial charge on any atom is 0.305 e. The van der Waals surface area contributed by atoms with E-state index in [1.54, 1.807) is 33.3 Å². The van der Waals surface area contributed by atoms with Crippen molar-refractivity contribution < 1.29 is 62.4 Å². The first-order valence-corrected chi connectivity index (χ1v) is 50.7. The fourth-order valence-electron chi connectivity index (χ4n) is 12.9. The van der Waals surface area contributed by atoms with Gasteiger partial charge in [-0.1, -0.05) is 298 Å². The fraction of sp³-hybridized carbons (Fsp3) is 0.854. The monoisotopic (exact) mass is 1810 g/mol. The molecule has 0 aliphatic heterocycles. The molecule has 116 heavy (non-hydrogen) atoms. The summed E-state index contributed by atoms with van der Waals surface area (Å²) in [7, 11) is 8.18. The Morgan fingerprint density at radius 2 is 0.534 bits per heavy atom. The minimum absolute atomic E-state index is 0. The summed E-state index contributed by atoms with van der Waals surface area (Å²) in [6, 6.07) is 0. The summed E-state index contributed by atoms with van der Waals surface area (Å²) in [6.45, 7) is 13.7. The summed E-state index contributed by atoms with van der Waals surface area (Å²) in [5.74, 6) is 1.43. The normalized spacial score (nSPS) is 11.5. The van der Waals surface area contributed by atoms with Gasteiger partial charge >= 0.3 is 23.9 Å². The van der Waals surface area contributed by atoms with Crippen molar-refractivity contribution in [2.24, 2.45) is 0 Å². The molecule has 0 atom stereocenters. The lowest BCUT2D eigenvalue weighted by Crippen LogP contribution is -2.44. The Hall–Kier alpha value is -2.72. The van der Waals surface area contributed by atoms with Crippen molar-refractivity contribution in [1.82, 2.24) is 14.7 Å². The maximum atomic E-state index is 13.2. The average Bonchev–Trinajstić information content (AvgIpc) is 0.943. The van der Waals surface area contributed by atoms with E-state index in [1.807, 2.05) is 14.1 Å². The predicted octanol–water partition coefficient (Wildman–Crippen LogP) is 25.0. The lowest BCUT2D eigenvalue weighted by Gasteiger charge is -2.28. The number of carbonyl (C=O) groups is 6. The van der Waals surface area contributed by atoms with Gasteiger partial charge in [-0.25, -0.2) is 0 Å². The Balaban J connectivity index is -0.00000103. The van der Waals surface area contributed by atoms with Crippen LogP contribution < -0.4 is 0 Å². The highest BCUT2D eigenvalue weighted by molar-refractivity contribution is 9.09. The number of alkyl halides is 1. The summed E-state index contributed by atoms with van der Waals surface area (Å²) in [5, 5.41) is 17.8. The predicted molar refractivity (Wildman–Crippen MR) is 508 cm³/mol. The summed E-state index contributed by atoms with van der Waals surface area (Å²) >= 11 is 6.16. The number of ether oxygens (including phenoxy) is 4.